The van der Waals surface area contributed by atoms with E-state index in [4.69, 9.17) is 9.97 Å². The van der Waals surface area contributed by atoms with Crippen LogP contribution in [0.3, 0.4) is 0 Å². The molecule has 0 spiro atoms. The summed E-state index contributed by atoms with van der Waals surface area (Å²) >= 11 is 1.64. The third-order valence-electron chi connectivity index (χ3n) is 6.27. The molecule has 1 aliphatic rings. The first-order chi connectivity index (χ1) is 16.7. The Balaban J connectivity index is 1.35. The predicted molar refractivity (Wildman–Crippen MR) is 139 cm³/mol. The molecule has 1 aliphatic heterocycles. The number of nitrogens with one attached hydrogen (secondary N) is 2. The number of hydrogen-bond acceptors (Lipinski definition) is 7. The number of fused-ring (bicyclic) bond motifs is 2. The minimum absolute atomic E-state index is 0.552. The lowest BCUT2D eigenvalue weighted by atomic mass is 10.1. The van der Waals surface area contributed by atoms with Gasteiger partial charge in [-0.05, 0) is 54.9 Å². The van der Waals surface area contributed by atoms with Gasteiger partial charge in [0.25, 0.3) is 0 Å². The molecule has 1 fully saturated rings. The number of anilines is 3. The molecule has 34 heavy (non-hydrogen) atoms. The number of nitrogens with zero attached hydrogens (tertiary/aromatic N) is 5. The average Bonchev–Trinajstić information content (AvgIpc) is 3.50. The summed E-state index contributed by atoms with van der Waals surface area (Å²) in [6.45, 7) is 4.18. The first-order valence-electron chi connectivity index (χ1n) is 11.3. The molecule has 2 N–H and O–H groups in total. The van der Waals surface area contributed by atoms with Gasteiger partial charge >= 0.3 is 0 Å². The third kappa shape index (κ3) is 3.85. The number of nitriles is 1. The van der Waals surface area contributed by atoms with Crippen molar-refractivity contribution in [3.8, 4) is 16.6 Å². The zero-order chi connectivity index (χ0) is 23.1. The Morgan fingerprint density at radius 3 is 2.76 bits per heavy atom. The van der Waals surface area contributed by atoms with Gasteiger partial charge in [-0.2, -0.15) is 10.2 Å². The number of hydrogen-bond donors (Lipinski definition) is 2. The van der Waals surface area contributed by atoms with E-state index in [1.807, 2.05) is 36.5 Å². The van der Waals surface area contributed by atoms with E-state index in [0.717, 1.165) is 63.6 Å². The Bertz CT molecular complexity index is 1540. The molecule has 168 valence electrons. The highest BCUT2D eigenvalue weighted by molar-refractivity contribution is 7.22. The first-order valence-corrected chi connectivity index (χ1v) is 12.1. The van der Waals surface area contributed by atoms with Gasteiger partial charge in [0.2, 0.25) is 5.95 Å². The van der Waals surface area contributed by atoms with E-state index >= 15 is 0 Å². The smallest absolute Gasteiger partial charge is 0.229 e. The van der Waals surface area contributed by atoms with Gasteiger partial charge in [-0.25, -0.2) is 4.98 Å². The number of H-pyrrole nitrogens is 1. The number of thiophene rings is 1. The molecule has 0 saturated carbocycles. The Kier molecular flexibility index (Phi) is 5.13. The van der Waals surface area contributed by atoms with Crippen LogP contribution in [0.25, 0.3) is 31.7 Å². The van der Waals surface area contributed by atoms with E-state index in [-0.39, 0.29) is 0 Å². The molecular weight excluding hydrogens is 442 g/mol. The highest BCUT2D eigenvalue weighted by atomic mass is 32.1. The molecule has 4 heterocycles. The molecule has 0 aliphatic carbocycles. The van der Waals surface area contributed by atoms with E-state index in [1.165, 1.54) is 5.69 Å². The van der Waals surface area contributed by atoms with E-state index in [9.17, 15) is 5.26 Å². The predicted octanol–water partition coefficient (Wildman–Crippen LogP) is 5.21. The van der Waals surface area contributed by atoms with Crippen molar-refractivity contribution < 1.29 is 0 Å². The molecule has 0 amide bonds. The lowest BCUT2D eigenvalue weighted by Crippen LogP contribution is -2.44. The summed E-state index contributed by atoms with van der Waals surface area (Å²) in [6, 6.07) is 20.6. The molecule has 0 bridgehead atoms. The Hall–Kier alpha value is -3.93. The van der Waals surface area contributed by atoms with Crippen LogP contribution in [0.2, 0.25) is 0 Å². The maximum absolute atomic E-state index is 9.24. The van der Waals surface area contributed by atoms with Gasteiger partial charge < -0.3 is 20.1 Å². The highest BCUT2D eigenvalue weighted by Crippen LogP contribution is 2.37. The van der Waals surface area contributed by atoms with Crippen molar-refractivity contribution in [2.75, 3.05) is 43.4 Å². The van der Waals surface area contributed by atoms with Crippen LogP contribution in [0.4, 0.5) is 17.3 Å². The quantitative estimate of drug-likeness (QED) is 0.379. The van der Waals surface area contributed by atoms with Crippen LogP contribution in [-0.2, 0) is 0 Å². The maximum atomic E-state index is 9.24. The summed E-state index contributed by atoms with van der Waals surface area (Å²) in [6.07, 6.45) is 1.89. The molecule has 0 radical (unpaired) electrons. The van der Waals surface area contributed by atoms with Gasteiger partial charge in [-0.3, -0.25) is 0 Å². The normalized spacial score (nSPS) is 14.5. The SMILES string of the molecule is CN1CCN(c2cccc(Nc3nc(-c4cc5ccc(C#N)cc5s4)c4cc[nH]c4n3)c2)CC1. The zero-order valence-electron chi connectivity index (χ0n) is 18.7. The zero-order valence-corrected chi connectivity index (χ0v) is 19.6. The van der Waals surface area contributed by atoms with Gasteiger partial charge in [-0.15, -0.1) is 11.3 Å². The van der Waals surface area contributed by atoms with E-state index < -0.39 is 0 Å². The summed E-state index contributed by atoms with van der Waals surface area (Å²) in [5, 5.41) is 14.7. The second-order valence-electron chi connectivity index (χ2n) is 8.58. The summed E-state index contributed by atoms with van der Waals surface area (Å²) in [5.41, 5.74) is 4.50. The third-order valence-corrected chi connectivity index (χ3v) is 7.37. The van der Waals surface area contributed by atoms with E-state index in [2.05, 4.69) is 57.5 Å². The molecule has 5 aromatic rings. The van der Waals surface area contributed by atoms with Crippen molar-refractivity contribution >= 4 is 49.8 Å². The molecule has 0 atom stereocenters. The average molecular weight is 466 g/mol. The van der Waals surface area contributed by atoms with Crippen molar-refractivity contribution in [3.05, 3.63) is 66.4 Å². The van der Waals surface area contributed by atoms with Gasteiger partial charge in [0.05, 0.1) is 22.2 Å². The maximum Gasteiger partial charge on any atom is 0.229 e. The Morgan fingerprint density at radius 1 is 1.03 bits per heavy atom. The lowest BCUT2D eigenvalue weighted by Gasteiger charge is -2.34. The largest absolute Gasteiger partial charge is 0.369 e. The number of benzene rings is 2. The molecular formula is C26H23N7S. The van der Waals surface area contributed by atoms with Crippen molar-refractivity contribution in [2.24, 2.45) is 0 Å². The fourth-order valence-electron chi connectivity index (χ4n) is 4.38. The number of piperazine rings is 1. The fourth-order valence-corrected chi connectivity index (χ4v) is 5.48. The van der Waals surface area contributed by atoms with Gasteiger partial charge in [0, 0.05) is 53.8 Å². The Morgan fingerprint density at radius 2 is 1.91 bits per heavy atom. The molecule has 6 rings (SSSR count). The first kappa shape index (κ1) is 20.7. The summed E-state index contributed by atoms with van der Waals surface area (Å²) in [7, 11) is 2.17. The van der Waals surface area contributed by atoms with Crippen LogP contribution >= 0.6 is 11.3 Å². The molecule has 3 aromatic heterocycles. The van der Waals surface area contributed by atoms with Crippen LogP contribution in [0.15, 0.2) is 60.8 Å². The van der Waals surface area contributed by atoms with Crippen molar-refractivity contribution in [2.45, 2.75) is 0 Å². The van der Waals surface area contributed by atoms with Crippen molar-refractivity contribution in [3.63, 3.8) is 0 Å². The van der Waals surface area contributed by atoms with Gasteiger partial charge in [0.1, 0.15) is 5.65 Å². The number of aromatic nitrogens is 3. The standard InChI is InChI=1S/C26H23N7S/c1-32-9-11-33(12-10-32)20-4-2-3-19(15-20)29-26-30-24(21-7-8-28-25(21)31-26)23-14-18-6-5-17(16-27)13-22(18)34-23/h2-8,13-15H,9-12H2,1H3,(H2,28,29,30,31). The van der Waals surface area contributed by atoms with Crippen LogP contribution in [0, 0.1) is 11.3 Å². The van der Waals surface area contributed by atoms with Crippen molar-refractivity contribution in [1.82, 2.24) is 19.9 Å². The number of aromatic amines is 1. The topological polar surface area (TPSA) is 83.9 Å². The fraction of sp³-hybridized carbons (Fsp3) is 0.192. The molecule has 0 unspecified atom stereocenters. The minimum atomic E-state index is 0.552. The molecule has 1 saturated heterocycles. The molecule has 8 heteroatoms. The Labute approximate surface area is 201 Å². The monoisotopic (exact) mass is 465 g/mol. The number of likely N-dealkylation sites (N-methyl/N-ethyl adjacent to an activating group) is 1. The van der Waals surface area contributed by atoms with Crippen LogP contribution in [-0.4, -0.2) is 53.1 Å². The molecule has 2 aromatic carbocycles. The molecule has 7 nitrogen and oxygen atoms in total. The van der Waals surface area contributed by atoms with Crippen molar-refractivity contribution in [1.29, 1.82) is 5.26 Å². The van der Waals surface area contributed by atoms with Crippen LogP contribution < -0.4 is 10.2 Å². The minimum Gasteiger partial charge on any atom is -0.369 e. The lowest BCUT2D eigenvalue weighted by molar-refractivity contribution is 0.313. The summed E-state index contributed by atoms with van der Waals surface area (Å²) < 4.78 is 1.07. The second-order valence-corrected chi connectivity index (χ2v) is 9.66. The van der Waals surface area contributed by atoms with E-state index in [1.54, 1.807) is 11.3 Å². The number of rotatable bonds is 4. The van der Waals surface area contributed by atoms with Gasteiger partial charge in [-0.1, -0.05) is 12.1 Å². The van der Waals surface area contributed by atoms with Crippen LogP contribution in [0.5, 0.6) is 0 Å². The van der Waals surface area contributed by atoms with Gasteiger partial charge in [0.15, 0.2) is 0 Å². The van der Waals surface area contributed by atoms with E-state index in [0.29, 0.717) is 11.5 Å². The van der Waals surface area contributed by atoms with Crippen LogP contribution in [0.1, 0.15) is 5.56 Å². The summed E-state index contributed by atoms with van der Waals surface area (Å²) in [4.78, 5) is 18.7. The second kappa shape index (κ2) is 8.45. The highest BCUT2D eigenvalue weighted by Gasteiger charge is 2.16. The summed E-state index contributed by atoms with van der Waals surface area (Å²) in [5.74, 6) is 0.552.